The van der Waals surface area contributed by atoms with Crippen LogP contribution in [0, 0.1) is 0 Å². The molecule has 0 aromatic carbocycles. The number of nitrogens with zero attached hydrogens (tertiary/aromatic N) is 1. The zero-order valence-corrected chi connectivity index (χ0v) is 12.4. The maximum absolute atomic E-state index is 12.1. The van der Waals surface area contributed by atoms with Crippen molar-refractivity contribution in [3.63, 3.8) is 0 Å². The van der Waals surface area contributed by atoms with E-state index in [2.05, 4.69) is 5.32 Å². The quantitative estimate of drug-likeness (QED) is 0.815. The van der Waals surface area contributed by atoms with Gasteiger partial charge in [0.15, 0.2) is 0 Å². The van der Waals surface area contributed by atoms with E-state index in [4.69, 9.17) is 9.47 Å². The topological polar surface area (TPSA) is 50.8 Å². The third-order valence-corrected chi connectivity index (χ3v) is 4.78. The van der Waals surface area contributed by atoms with Crippen LogP contribution in [0.4, 0.5) is 0 Å². The van der Waals surface area contributed by atoms with Gasteiger partial charge in [-0.05, 0) is 45.7 Å². The third-order valence-electron chi connectivity index (χ3n) is 4.78. The Balaban J connectivity index is 1.43. The average Bonchev–Trinajstić information content (AvgIpc) is 3.22. The SMILES string of the molecule is CCN(C(=O)COC1COC2(CCNCC2)C1)C1CC1. The van der Waals surface area contributed by atoms with Crippen LogP contribution in [0.5, 0.6) is 0 Å². The van der Waals surface area contributed by atoms with E-state index >= 15 is 0 Å². The van der Waals surface area contributed by atoms with Crippen molar-refractivity contribution in [2.24, 2.45) is 0 Å². The minimum Gasteiger partial charge on any atom is -0.372 e. The zero-order valence-electron chi connectivity index (χ0n) is 12.4. The van der Waals surface area contributed by atoms with Gasteiger partial charge in [0.2, 0.25) is 5.91 Å². The number of hydrogen-bond donors (Lipinski definition) is 1. The van der Waals surface area contributed by atoms with Crippen LogP contribution >= 0.6 is 0 Å². The second-order valence-corrected chi connectivity index (χ2v) is 6.29. The molecule has 3 rings (SSSR count). The van der Waals surface area contributed by atoms with Gasteiger partial charge in [-0.2, -0.15) is 0 Å². The average molecular weight is 282 g/mol. The smallest absolute Gasteiger partial charge is 0.248 e. The van der Waals surface area contributed by atoms with Crippen LogP contribution in [-0.4, -0.2) is 61.4 Å². The molecule has 1 N–H and O–H groups in total. The summed E-state index contributed by atoms with van der Waals surface area (Å²) in [5, 5.41) is 3.36. The van der Waals surface area contributed by atoms with E-state index in [-0.39, 0.29) is 24.2 Å². The summed E-state index contributed by atoms with van der Waals surface area (Å²) in [6, 6.07) is 0.478. The van der Waals surface area contributed by atoms with E-state index in [1.54, 1.807) is 0 Å². The van der Waals surface area contributed by atoms with Gasteiger partial charge in [-0.15, -0.1) is 0 Å². The predicted octanol–water partition coefficient (Wildman–Crippen LogP) is 0.925. The van der Waals surface area contributed by atoms with Crippen molar-refractivity contribution in [1.82, 2.24) is 10.2 Å². The predicted molar refractivity (Wildman–Crippen MR) is 75.6 cm³/mol. The lowest BCUT2D eigenvalue weighted by Crippen LogP contribution is -2.41. The summed E-state index contributed by atoms with van der Waals surface area (Å²) in [4.78, 5) is 14.1. The van der Waals surface area contributed by atoms with Gasteiger partial charge in [-0.1, -0.05) is 0 Å². The lowest BCUT2D eigenvalue weighted by Gasteiger charge is -2.32. The van der Waals surface area contributed by atoms with Gasteiger partial charge in [0.1, 0.15) is 6.61 Å². The first-order chi connectivity index (χ1) is 9.72. The third kappa shape index (κ3) is 3.15. The molecule has 2 aliphatic heterocycles. The Hall–Kier alpha value is -0.650. The van der Waals surface area contributed by atoms with E-state index in [1.807, 2.05) is 11.8 Å². The molecule has 20 heavy (non-hydrogen) atoms. The molecule has 1 spiro atoms. The zero-order chi connectivity index (χ0) is 14.0. The molecule has 5 heteroatoms. The highest BCUT2D eigenvalue weighted by Gasteiger charge is 2.42. The number of piperidine rings is 1. The molecule has 114 valence electrons. The highest BCUT2D eigenvalue weighted by Crippen LogP contribution is 2.35. The molecule has 1 aliphatic carbocycles. The summed E-state index contributed by atoms with van der Waals surface area (Å²) >= 11 is 0. The lowest BCUT2D eigenvalue weighted by atomic mass is 9.89. The Labute approximate surface area is 121 Å². The number of likely N-dealkylation sites (N-methyl/N-ethyl adjacent to an activating group) is 1. The van der Waals surface area contributed by atoms with Crippen molar-refractivity contribution >= 4 is 5.91 Å². The maximum atomic E-state index is 12.1. The van der Waals surface area contributed by atoms with Crippen LogP contribution in [0.3, 0.4) is 0 Å². The number of rotatable bonds is 5. The molecule has 3 aliphatic rings. The molecule has 1 atom stereocenters. The van der Waals surface area contributed by atoms with E-state index < -0.39 is 0 Å². The second kappa shape index (κ2) is 6.00. The van der Waals surface area contributed by atoms with Crippen LogP contribution in [0.25, 0.3) is 0 Å². The molecule has 0 aromatic rings. The van der Waals surface area contributed by atoms with Gasteiger partial charge < -0.3 is 19.7 Å². The summed E-state index contributed by atoms with van der Waals surface area (Å²) < 4.78 is 11.8. The number of carbonyl (C=O) groups is 1. The van der Waals surface area contributed by atoms with Crippen molar-refractivity contribution in [3.8, 4) is 0 Å². The summed E-state index contributed by atoms with van der Waals surface area (Å²) in [6.45, 7) is 5.74. The van der Waals surface area contributed by atoms with Crippen molar-refractivity contribution in [2.75, 3.05) is 32.8 Å². The van der Waals surface area contributed by atoms with Gasteiger partial charge in [-0.25, -0.2) is 0 Å². The number of ether oxygens (including phenoxy) is 2. The molecule has 0 bridgehead atoms. The molecule has 1 unspecified atom stereocenters. The van der Waals surface area contributed by atoms with Crippen molar-refractivity contribution < 1.29 is 14.3 Å². The highest BCUT2D eigenvalue weighted by molar-refractivity contribution is 5.78. The van der Waals surface area contributed by atoms with Gasteiger partial charge in [0.25, 0.3) is 0 Å². The Morgan fingerprint density at radius 2 is 2.15 bits per heavy atom. The Kier molecular flexibility index (Phi) is 4.29. The van der Waals surface area contributed by atoms with Crippen molar-refractivity contribution in [3.05, 3.63) is 0 Å². The minimum absolute atomic E-state index is 0.0138. The molecule has 1 amide bonds. The maximum Gasteiger partial charge on any atom is 0.248 e. The fourth-order valence-electron chi connectivity index (χ4n) is 3.44. The van der Waals surface area contributed by atoms with E-state index in [1.165, 1.54) is 0 Å². The molecular weight excluding hydrogens is 256 g/mol. The minimum atomic E-state index is 0.0138. The Bertz CT molecular complexity index is 351. The van der Waals surface area contributed by atoms with Gasteiger partial charge in [0.05, 0.1) is 18.3 Å². The number of nitrogens with one attached hydrogen (secondary N) is 1. The first-order valence-corrected chi connectivity index (χ1v) is 7.98. The lowest BCUT2D eigenvalue weighted by molar-refractivity contribution is -0.138. The molecule has 2 heterocycles. The van der Waals surface area contributed by atoms with Crippen molar-refractivity contribution in [2.45, 2.75) is 56.8 Å². The Morgan fingerprint density at radius 1 is 1.40 bits per heavy atom. The first kappa shape index (κ1) is 14.3. The molecule has 5 nitrogen and oxygen atoms in total. The second-order valence-electron chi connectivity index (χ2n) is 6.29. The first-order valence-electron chi connectivity index (χ1n) is 7.98. The van der Waals surface area contributed by atoms with Crippen LogP contribution < -0.4 is 5.32 Å². The van der Waals surface area contributed by atoms with Gasteiger partial charge >= 0.3 is 0 Å². The fraction of sp³-hybridized carbons (Fsp3) is 0.933. The monoisotopic (exact) mass is 282 g/mol. The van der Waals surface area contributed by atoms with E-state index in [9.17, 15) is 4.79 Å². The van der Waals surface area contributed by atoms with E-state index in [0.717, 1.165) is 51.7 Å². The molecule has 0 aromatic heterocycles. The highest BCUT2D eigenvalue weighted by atomic mass is 16.6. The Morgan fingerprint density at radius 3 is 2.80 bits per heavy atom. The normalized spacial score (nSPS) is 28.8. The summed E-state index contributed by atoms with van der Waals surface area (Å²) in [7, 11) is 0. The fourth-order valence-corrected chi connectivity index (χ4v) is 3.44. The molecular formula is C15H26N2O3. The molecule has 1 saturated carbocycles. The summed E-state index contributed by atoms with van der Waals surface area (Å²) in [5.41, 5.74) is 0.0138. The number of hydrogen-bond acceptors (Lipinski definition) is 4. The summed E-state index contributed by atoms with van der Waals surface area (Å²) in [5.74, 6) is 0.140. The number of carbonyl (C=O) groups excluding carboxylic acids is 1. The standard InChI is InChI=1S/C15H26N2O3/c1-2-17(12-3-4-12)14(18)11-19-13-9-15(20-10-13)5-7-16-8-6-15/h12-13,16H,2-11H2,1H3. The van der Waals surface area contributed by atoms with Gasteiger partial charge in [0, 0.05) is 19.0 Å². The summed E-state index contributed by atoms with van der Waals surface area (Å²) in [6.07, 6.45) is 5.46. The van der Waals surface area contributed by atoms with Crippen LogP contribution in [0.1, 0.15) is 39.0 Å². The molecule has 3 fully saturated rings. The van der Waals surface area contributed by atoms with E-state index in [0.29, 0.717) is 12.6 Å². The largest absolute Gasteiger partial charge is 0.372 e. The van der Waals surface area contributed by atoms with Crippen LogP contribution in [-0.2, 0) is 14.3 Å². The van der Waals surface area contributed by atoms with Crippen LogP contribution in [0.2, 0.25) is 0 Å². The molecule has 2 saturated heterocycles. The molecule has 0 radical (unpaired) electrons. The number of amides is 1. The van der Waals surface area contributed by atoms with Crippen LogP contribution in [0.15, 0.2) is 0 Å². The van der Waals surface area contributed by atoms with Crippen molar-refractivity contribution in [1.29, 1.82) is 0 Å². The van der Waals surface area contributed by atoms with Gasteiger partial charge in [-0.3, -0.25) is 4.79 Å².